The number of hydrazine groups is 1. The van der Waals surface area contributed by atoms with Crippen LogP contribution < -0.4 is 15.6 Å². The molecule has 2 saturated heterocycles. The summed E-state index contributed by atoms with van der Waals surface area (Å²) in [5, 5.41) is 8.11. The number of carbonyl (C=O) groups is 3. The zero-order chi connectivity index (χ0) is 42.5. The molecular weight excluding hydrogens is 777 g/mol. The molecule has 1 aliphatic carbocycles. The molecule has 13 nitrogen and oxygen atoms in total. The highest BCUT2D eigenvalue weighted by atomic mass is 32.1. The smallest absolute Gasteiger partial charge is 0.408 e. The maximum atomic E-state index is 14.1. The molecule has 6 heterocycles. The molecule has 2 amide bonds. The first-order valence-corrected chi connectivity index (χ1v) is 22.8. The van der Waals surface area contributed by atoms with Gasteiger partial charge >= 0.3 is 12.1 Å². The number of alkyl carbamates (subject to hydrolysis) is 1. The van der Waals surface area contributed by atoms with Crippen molar-refractivity contribution < 1.29 is 23.9 Å². The number of aryl methyl sites for hydroxylation is 1. The molecule has 3 aliphatic heterocycles. The zero-order valence-electron chi connectivity index (χ0n) is 36.6. The molecular formula is C46H62N8O5S. The van der Waals surface area contributed by atoms with Crippen LogP contribution in [-0.2, 0) is 38.4 Å². The molecule has 4 aromatic rings. The van der Waals surface area contributed by atoms with Crippen LogP contribution in [0.3, 0.4) is 0 Å². The molecule has 4 aliphatic rings. The third-order valence-corrected chi connectivity index (χ3v) is 13.0. The summed E-state index contributed by atoms with van der Waals surface area (Å²) in [6.45, 7) is 21.7. The Hall–Kier alpha value is -4.53. The number of hydrogen-bond donors (Lipinski definition) is 2. The van der Waals surface area contributed by atoms with Gasteiger partial charge in [0.25, 0.3) is 5.91 Å². The Kier molecular flexibility index (Phi) is 11.8. The molecule has 2 atom stereocenters. The van der Waals surface area contributed by atoms with E-state index in [1.807, 2.05) is 5.38 Å². The first-order chi connectivity index (χ1) is 28.6. The first-order valence-electron chi connectivity index (χ1n) is 21.9. The molecule has 0 spiro atoms. The highest BCUT2D eigenvalue weighted by Crippen LogP contribution is 2.43. The lowest BCUT2D eigenvalue weighted by Gasteiger charge is -2.36. The van der Waals surface area contributed by atoms with Crippen molar-refractivity contribution in [2.24, 2.45) is 5.41 Å². The highest BCUT2D eigenvalue weighted by Gasteiger charge is 2.37. The second-order valence-corrected chi connectivity index (χ2v) is 20.1. The number of ether oxygens (including phenoxy) is 2. The minimum Gasteiger partial charge on any atom is -0.464 e. The minimum absolute atomic E-state index is 0.158. The van der Waals surface area contributed by atoms with Crippen molar-refractivity contribution in [2.45, 2.75) is 130 Å². The molecule has 8 rings (SSSR count). The van der Waals surface area contributed by atoms with E-state index in [9.17, 15) is 14.4 Å². The number of nitrogens with zero attached hydrogens (tertiary/aromatic N) is 6. The molecule has 3 fully saturated rings. The van der Waals surface area contributed by atoms with Crippen molar-refractivity contribution >= 4 is 45.9 Å². The summed E-state index contributed by atoms with van der Waals surface area (Å²) in [5.41, 5.74) is 10.5. The van der Waals surface area contributed by atoms with E-state index >= 15 is 0 Å². The number of piperazine rings is 1. The van der Waals surface area contributed by atoms with Crippen LogP contribution in [-0.4, -0.2) is 105 Å². The van der Waals surface area contributed by atoms with Crippen molar-refractivity contribution in [1.82, 2.24) is 35.2 Å². The predicted molar refractivity (Wildman–Crippen MR) is 236 cm³/mol. The van der Waals surface area contributed by atoms with Crippen LogP contribution in [0.4, 0.5) is 10.5 Å². The normalized spacial score (nSPS) is 21.9. The molecule has 14 heteroatoms. The van der Waals surface area contributed by atoms with Gasteiger partial charge in [0.05, 0.1) is 40.6 Å². The maximum absolute atomic E-state index is 14.1. The number of carbonyl (C=O) groups excluding carboxylic acids is 3. The number of esters is 1. The number of nitrogens with one attached hydrogen (secondary N) is 2. The third-order valence-electron chi connectivity index (χ3n) is 12.1. The molecule has 6 bridgehead atoms. The number of amides is 2. The molecule has 60 heavy (non-hydrogen) atoms. The summed E-state index contributed by atoms with van der Waals surface area (Å²) in [6.07, 6.45) is 5.96. The average Bonchev–Trinajstić information content (AvgIpc) is 3.89. The summed E-state index contributed by atoms with van der Waals surface area (Å²) >= 11 is 1.46. The molecule has 0 radical (unpaired) electrons. The summed E-state index contributed by atoms with van der Waals surface area (Å²) in [6, 6.07) is 8.03. The predicted octanol–water partition coefficient (Wildman–Crippen LogP) is 7.31. The molecule has 1 saturated carbocycles. The zero-order valence-corrected chi connectivity index (χ0v) is 37.4. The van der Waals surface area contributed by atoms with E-state index in [1.165, 1.54) is 34.8 Å². The molecule has 3 aromatic heterocycles. The standard InChI is InChI=1S/C46H62N8O5S/c1-9-53-38-15-12-29-21-32(38)34(41(53)33-22-31(25-47-40(33)28(2)3)52-19-17-51(18-20-52)30-13-14-30)24-46(7,8)27-58-43(56)35-11-10-16-54(50-35)42(55)36(23-39-48-37(29)26-60-39)49-44(57)59-45(4,5)6/h12,15,21-22,25-26,28,30,35-36,50H,9-11,13-14,16-20,23-24,27H2,1-8H3,(H,49,57)/t35-,36-/m0/s1. The molecule has 1 aromatic carbocycles. The van der Waals surface area contributed by atoms with Crippen LogP contribution in [0.5, 0.6) is 0 Å². The summed E-state index contributed by atoms with van der Waals surface area (Å²) < 4.78 is 14.1. The van der Waals surface area contributed by atoms with E-state index in [0.29, 0.717) is 30.8 Å². The van der Waals surface area contributed by atoms with E-state index in [1.54, 1.807) is 20.8 Å². The van der Waals surface area contributed by atoms with E-state index < -0.39 is 35.2 Å². The molecule has 0 unspecified atom stereocenters. The fourth-order valence-corrected chi connectivity index (χ4v) is 9.88. The van der Waals surface area contributed by atoms with Gasteiger partial charge in [-0.2, -0.15) is 0 Å². The van der Waals surface area contributed by atoms with Gasteiger partial charge in [-0.05, 0) is 89.5 Å². The lowest BCUT2D eigenvalue weighted by molar-refractivity contribution is -0.155. The second kappa shape index (κ2) is 16.7. The second-order valence-electron chi connectivity index (χ2n) is 19.1. The number of fused-ring (bicyclic) bond motifs is 6. The number of aromatic nitrogens is 3. The Labute approximate surface area is 358 Å². The topological polar surface area (TPSA) is 134 Å². The number of rotatable bonds is 6. The summed E-state index contributed by atoms with van der Waals surface area (Å²) in [5.74, 6) is -0.574. The van der Waals surface area contributed by atoms with Crippen LogP contribution in [0.2, 0.25) is 0 Å². The lowest BCUT2D eigenvalue weighted by atomic mass is 9.84. The lowest BCUT2D eigenvalue weighted by Crippen LogP contribution is -2.60. The Bertz CT molecular complexity index is 2250. The fraction of sp³-hybridized carbons (Fsp3) is 0.587. The third kappa shape index (κ3) is 9.06. The van der Waals surface area contributed by atoms with Crippen LogP contribution >= 0.6 is 11.3 Å². The van der Waals surface area contributed by atoms with Crippen LogP contribution in [0.1, 0.15) is 103 Å². The SMILES string of the molecule is CCn1c(-c2cc(N3CCN(C4CC4)CC3)cnc2C(C)C)c2c3cc(ccc31)-c1csc(n1)C[C@H](NC(=O)OC(C)(C)C)C(=O)N1CCC[C@H](N1)C(=O)OCC(C)(C)C2. The van der Waals surface area contributed by atoms with Crippen molar-refractivity contribution in [2.75, 3.05) is 44.2 Å². The van der Waals surface area contributed by atoms with Gasteiger partial charge in [0.15, 0.2) is 0 Å². The Balaban J connectivity index is 1.23. The first kappa shape index (κ1) is 42.2. The number of thiazole rings is 1. The number of hydrogen-bond acceptors (Lipinski definition) is 11. The number of cyclic esters (lactones) is 1. The van der Waals surface area contributed by atoms with E-state index in [4.69, 9.17) is 19.4 Å². The van der Waals surface area contributed by atoms with Crippen molar-refractivity contribution in [3.05, 3.63) is 52.1 Å². The van der Waals surface area contributed by atoms with E-state index in [2.05, 4.69) is 90.2 Å². The monoisotopic (exact) mass is 838 g/mol. The van der Waals surface area contributed by atoms with Crippen LogP contribution in [0.15, 0.2) is 35.8 Å². The fourth-order valence-electron chi connectivity index (χ4n) is 9.03. The molecule has 2 N–H and O–H groups in total. The quantitative estimate of drug-likeness (QED) is 0.191. The largest absolute Gasteiger partial charge is 0.464 e. The van der Waals surface area contributed by atoms with Crippen molar-refractivity contribution in [1.29, 1.82) is 0 Å². The van der Waals surface area contributed by atoms with Gasteiger partial charge in [0.1, 0.15) is 17.7 Å². The Morgan fingerprint density at radius 1 is 1.08 bits per heavy atom. The van der Waals surface area contributed by atoms with Gasteiger partial charge < -0.3 is 24.3 Å². The molecule has 322 valence electrons. The number of benzene rings is 1. The Morgan fingerprint density at radius 2 is 1.85 bits per heavy atom. The summed E-state index contributed by atoms with van der Waals surface area (Å²) in [4.78, 5) is 56.4. The van der Waals surface area contributed by atoms with Crippen LogP contribution in [0.25, 0.3) is 33.4 Å². The van der Waals surface area contributed by atoms with Gasteiger partial charge in [-0.15, -0.1) is 11.3 Å². The van der Waals surface area contributed by atoms with Gasteiger partial charge in [-0.1, -0.05) is 33.8 Å². The minimum atomic E-state index is -0.976. The van der Waals surface area contributed by atoms with Crippen LogP contribution in [0, 0.1) is 5.41 Å². The van der Waals surface area contributed by atoms with E-state index in [-0.39, 0.29) is 24.9 Å². The van der Waals surface area contributed by atoms with Gasteiger partial charge in [-0.25, -0.2) is 15.2 Å². The number of pyridine rings is 1. The van der Waals surface area contributed by atoms with Crippen molar-refractivity contribution in [3.8, 4) is 22.5 Å². The number of anilines is 1. The van der Waals surface area contributed by atoms with Crippen molar-refractivity contribution in [3.63, 3.8) is 0 Å². The maximum Gasteiger partial charge on any atom is 0.408 e. The van der Waals surface area contributed by atoms with Gasteiger partial charge in [-0.3, -0.25) is 24.5 Å². The Morgan fingerprint density at radius 3 is 2.55 bits per heavy atom. The summed E-state index contributed by atoms with van der Waals surface area (Å²) in [7, 11) is 0. The van der Waals surface area contributed by atoms with Gasteiger partial charge in [0.2, 0.25) is 0 Å². The van der Waals surface area contributed by atoms with Gasteiger partial charge in [0, 0.05) is 84.6 Å². The van der Waals surface area contributed by atoms with E-state index in [0.717, 1.165) is 83.6 Å². The average molecular weight is 839 g/mol. The highest BCUT2D eigenvalue weighted by molar-refractivity contribution is 7.10.